The summed E-state index contributed by atoms with van der Waals surface area (Å²) in [5, 5.41) is 2.76. The molecule has 1 atom stereocenters. The van der Waals surface area contributed by atoms with Crippen molar-refractivity contribution in [1.29, 1.82) is 0 Å². The molecule has 1 fully saturated rings. The number of halogens is 3. The van der Waals surface area contributed by atoms with Crippen LogP contribution in [0.4, 0.5) is 23.9 Å². The molecule has 25 heavy (non-hydrogen) atoms. The number of carbonyl (C=O) groups excluding carboxylic acids is 1. The molecule has 0 unspecified atom stereocenters. The summed E-state index contributed by atoms with van der Waals surface area (Å²) < 4.78 is 37.5. The summed E-state index contributed by atoms with van der Waals surface area (Å²) in [5.41, 5.74) is 6.86. The zero-order valence-corrected chi connectivity index (χ0v) is 13.7. The van der Waals surface area contributed by atoms with E-state index >= 15 is 0 Å². The SMILES string of the molecule is C[C@H](N)CONC(=O)NC1CCN(c2ncc(C(F)(F)F)cn2)CC1. The van der Waals surface area contributed by atoms with Crippen molar-refractivity contribution >= 4 is 12.0 Å². The minimum absolute atomic E-state index is 0.0652. The molecule has 2 amide bonds. The van der Waals surface area contributed by atoms with Crippen molar-refractivity contribution in [2.45, 2.75) is 38.0 Å². The lowest BCUT2D eigenvalue weighted by molar-refractivity contribution is -0.138. The van der Waals surface area contributed by atoms with E-state index < -0.39 is 17.8 Å². The largest absolute Gasteiger partial charge is 0.419 e. The first-order valence-corrected chi connectivity index (χ1v) is 7.83. The zero-order chi connectivity index (χ0) is 18.4. The lowest BCUT2D eigenvalue weighted by Crippen LogP contribution is -2.48. The van der Waals surface area contributed by atoms with Crippen LogP contribution in [0.5, 0.6) is 0 Å². The molecular formula is C14H21F3N6O2. The lowest BCUT2D eigenvalue weighted by Gasteiger charge is -2.32. The number of rotatable bonds is 5. The van der Waals surface area contributed by atoms with Gasteiger partial charge >= 0.3 is 12.2 Å². The minimum atomic E-state index is -4.45. The molecule has 140 valence electrons. The van der Waals surface area contributed by atoms with Gasteiger partial charge in [0.05, 0.1) is 12.2 Å². The number of piperidine rings is 1. The molecule has 11 heteroatoms. The standard InChI is InChI=1S/C14H21F3N6O2/c1-9(18)8-25-22-13(24)21-11-2-4-23(5-3-11)12-19-6-10(7-20-12)14(15,16)17/h6-7,9,11H,2-5,8,18H2,1H3,(H2,21,22,24)/t9-/m0/s1. The number of hydrogen-bond donors (Lipinski definition) is 3. The Labute approximate surface area is 142 Å². The summed E-state index contributed by atoms with van der Waals surface area (Å²) in [5.74, 6) is 0.246. The fourth-order valence-corrected chi connectivity index (χ4v) is 2.31. The van der Waals surface area contributed by atoms with E-state index in [-0.39, 0.29) is 24.6 Å². The quantitative estimate of drug-likeness (QED) is 0.676. The van der Waals surface area contributed by atoms with E-state index in [4.69, 9.17) is 10.6 Å². The number of hydrogen-bond acceptors (Lipinski definition) is 6. The third-order valence-corrected chi connectivity index (χ3v) is 3.59. The van der Waals surface area contributed by atoms with Gasteiger partial charge < -0.3 is 16.0 Å². The van der Waals surface area contributed by atoms with Gasteiger partial charge in [0.2, 0.25) is 5.95 Å². The van der Waals surface area contributed by atoms with Crippen LogP contribution in [0, 0.1) is 0 Å². The predicted octanol–water partition coefficient (Wildman–Crippen LogP) is 1.04. The van der Waals surface area contributed by atoms with Crippen molar-refractivity contribution in [3.8, 4) is 0 Å². The Hall–Kier alpha value is -2.14. The van der Waals surface area contributed by atoms with Crippen LogP contribution in [0.25, 0.3) is 0 Å². The van der Waals surface area contributed by atoms with Crippen LogP contribution in [0.2, 0.25) is 0 Å². The number of aromatic nitrogens is 2. The molecular weight excluding hydrogens is 341 g/mol. The number of carbonyl (C=O) groups is 1. The van der Waals surface area contributed by atoms with Gasteiger partial charge in [-0.3, -0.25) is 4.84 Å². The molecule has 1 saturated heterocycles. The monoisotopic (exact) mass is 362 g/mol. The molecule has 1 aromatic heterocycles. The molecule has 0 aliphatic carbocycles. The number of anilines is 1. The number of hydroxylamine groups is 1. The van der Waals surface area contributed by atoms with Gasteiger partial charge in [0.1, 0.15) is 0 Å². The Kier molecular flexibility index (Phi) is 6.37. The second-order valence-corrected chi connectivity index (χ2v) is 5.89. The van der Waals surface area contributed by atoms with E-state index in [0.29, 0.717) is 25.9 Å². The highest BCUT2D eigenvalue weighted by Crippen LogP contribution is 2.28. The van der Waals surface area contributed by atoms with Gasteiger partial charge in [-0.05, 0) is 19.8 Å². The number of nitrogens with zero attached hydrogens (tertiary/aromatic N) is 3. The van der Waals surface area contributed by atoms with Crippen molar-refractivity contribution in [3.63, 3.8) is 0 Å². The zero-order valence-electron chi connectivity index (χ0n) is 13.7. The maximum atomic E-state index is 12.5. The Balaban J connectivity index is 1.76. The summed E-state index contributed by atoms with van der Waals surface area (Å²) in [4.78, 5) is 25.9. The smallest absolute Gasteiger partial charge is 0.341 e. The third-order valence-electron chi connectivity index (χ3n) is 3.59. The van der Waals surface area contributed by atoms with Crippen LogP contribution >= 0.6 is 0 Å². The number of alkyl halides is 3. The molecule has 1 aliphatic rings. The van der Waals surface area contributed by atoms with Gasteiger partial charge in [-0.15, -0.1) is 0 Å². The summed E-state index contributed by atoms with van der Waals surface area (Å²) in [6.07, 6.45) is -1.67. The molecule has 1 aromatic rings. The summed E-state index contributed by atoms with van der Waals surface area (Å²) >= 11 is 0. The molecule has 0 saturated carbocycles. The molecule has 4 N–H and O–H groups in total. The number of nitrogens with two attached hydrogens (primary N) is 1. The van der Waals surface area contributed by atoms with Gasteiger partial charge in [0.25, 0.3) is 0 Å². The molecule has 0 radical (unpaired) electrons. The van der Waals surface area contributed by atoms with Crippen LogP contribution in [-0.2, 0) is 11.0 Å². The average Bonchev–Trinajstić information content (AvgIpc) is 2.54. The topological polar surface area (TPSA) is 105 Å². The number of amides is 2. The van der Waals surface area contributed by atoms with Gasteiger partial charge in [-0.1, -0.05) is 0 Å². The second kappa shape index (κ2) is 8.30. The van der Waals surface area contributed by atoms with Crippen molar-refractivity contribution in [3.05, 3.63) is 18.0 Å². The molecule has 8 nitrogen and oxygen atoms in total. The van der Waals surface area contributed by atoms with Crippen LogP contribution in [-0.4, -0.2) is 47.8 Å². The lowest BCUT2D eigenvalue weighted by atomic mass is 10.1. The van der Waals surface area contributed by atoms with E-state index in [1.807, 2.05) is 0 Å². The fraction of sp³-hybridized carbons (Fsp3) is 0.643. The van der Waals surface area contributed by atoms with Crippen LogP contribution in [0.15, 0.2) is 12.4 Å². The Morgan fingerprint density at radius 2 is 2.00 bits per heavy atom. The van der Waals surface area contributed by atoms with Crippen LogP contribution in [0.1, 0.15) is 25.3 Å². The van der Waals surface area contributed by atoms with Gasteiger partial charge in [-0.2, -0.15) is 13.2 Å². The van der Waals surface area contributed by atoms with Gasteiger partial charge in [-0.25, -0.2) is 20.2 Å². The van der Waals surface area contributed by atoms with Crippen LogP contribution in [0.3, 0.4) is 0 Å². The maximum absolute atomic E-state index is 12.5. The first-order chi connectivity index (χ1) is 11.8. The predicted molar refractivity (Wildman–Crippen MR) is 83.5 cm³/mol. The molecule has 0 bridgehead atoms. The summed E-state index contributed by atoms with van der Waals surface area (Å²) in [6.45, 7) is 3.00. The Morgan fingerprint density at radius 3 is 2.52 bits per heavy atom. The summed E-state index contributed by atoms with van der Waals surface area (Å²) in [6, 6.07) is -0.707. The second-order valence-electron chi connectivity index (χ2n) is 5.89. The summed E-state index contributed by atoms with van der Waals surface area (Å²) in [7, 11) is 0. The van der Waals surface area contributed by atoms with Crippen molar-refractivity contribution in [2.24, 2.45) is 5.73 Å². The van der Waals surface area contributed by atoms with Gasteiger partial charge in [0.15, 0.2) is 0 Å². The van der Waals surface area contributed by atoms with E-state index in [0.717, 1.165) is 12.4 Å². The van der Waals surface area contributed by atoms with Crippen molar-refractivity contribution < 1.29 is 22.8 Å². The molecule has 2 heterocycles. The van der Waals surface area contributed by atoms with E-state index in [1.165, 1.54) is 0 Å². The highest BCUT2D eigenvalue weighted by Gasteiger charge is 2.32. The fourth-order valence-electron chi connectivity index (χ4n) is 2.31. The third kappa shape index (κ3) is 6.02. The van der Waals surface area contributed by atoms with Gasteiger partial charge in [0, 0.05) is 37.6 Å². The average molecular weight is 362 g/mol. The van der Waals surface area contributed by atoms with E-state index in [1.54, 1.807) is 11.8 Å². The maximum Gasteiger partial charge on any atom is 0.419 e. The van der Waals surface area contributed by atoms with Crippen molar-refractivity contribution in [2.75, 3.05) is 24.6 Å². The van der Waals surface area contributed by atoms with E-state index in [2.05, 4.69) is 20.8 Å². The van der Waals surface area contributed by atoms with E-state index in [9.17, 15) is 18.0 Å². The number of nitrogens with one attached hydrogen (secondary N) is 2. The first kappa shape index (κ1) is 19.2. The highest BCUT2D eigenvalue weighted by atomic mass is 19.4. The molecule has 0 aromatic carbocycles. The molecule has 1 aliphatic heterocycles. The highest BCUT2D eigenvalue weighted by molar-refractivity contribution is 5.73. The van der Waals surface area contributed by atoms with Crippen molar-refractivity contribution in [1.82, 2.24) is 20.8 Å². The molecule has 2 rings (SSSR count). The Bertz CT molecular complexity index is 559. The number of urea groups is 1. The minimum Gasteiger partial charge on any atom is -0.341 e. The Morgan fingerprint density at radius 1 is 1.40 bits per heavy atom. The van der Waals surface area contributed by atoms with Crippen LogP contribution < -0.4 is 21.4 Å². The first-order valence-electron chi connectivity index (χ1n) is 7.83. The molecule has 0 spiro atoms. The normalized spacial score (nSPS) is 17.2.